The molecule has 3 aromatic rings. The summed E-state index contributed by atoms with van der Waals surface area (Å²) in [5, 5.41) is 5.49. The Labute approximate surface area is 166 Å². The van der Waals surface area contributed by atoms with Crippen molar-refractivity contribution in [3.8, 4) is 0 Å². The van der Waals surface area contributed by atoms with E-state index in [1.807, 2.05) is 24.3 Å². The lowest BCUT2D eigenvalue weighted by Crippen LogP contribution is -2.12. The van der Waals surface area contributed by atoms with Crippen LogP contribution in [0.3, 0.4) is 0 Å². The molecule has 8 heteroatoms. The van der Waals surface area contributed by atoms with Gasteiger partial charge in [0, 0.05) is 17.6 Å². The monoisotopic (exact) mass is 404 g/mol. The van der Waals surface area contributed by atoms with E-state index in [0.717, 1.165) is 24.1 Å². The predicted octanol–water partition coefficient (Wildman–Crippen LogP) is 6.32. The molecule has 0 fully saturated rings. The van der Waals surface area contributed by atoms with Crippen molar-refractivity contribution in [1.82, 2.24) is 9.97 Å². The number of hydrogen-bond donors (Lipinski definition) is 2. The van der Waals surface area contributed by atoms with Crippen LogP contribution in [-0.2, 0) is 12.6 Å². The summed E-state index contributed by atoms with van der Waals surface area (Å²) in [6.45, 7) is 4.25. The largest absolute Gasteiger partial charge is 0.421 e. The number of rotatable bonds is 6. The summed E-state index contributed by atoms with van der Waals surface area (Å²) >= 11 is 0. The predicted molar refractivity (Wildman–Crippen MR) is 105 cm³/mol. The molecule has 0 saturated heterocycles. The molecule has 2 N–H and O–H groups in total. The summed E-state index contributed by atoms with van der Waals surface area (Å²) in [5.41, 5.74) is 1.08. The van der Waals surface area contributed by atoms with Gasteiger partial charge < -0.3 is 10.6 Å². The van der Waals surface area contributed by atoms with Crippen LogP contribution in [0.25, 0.3) is 0 Å². The minimum Gasteiger partial charge on any atom is -0.340 e. The third-order valence-corrected chi connectivity index (χ3v) is 4.06. The van der Waals surface area contributed by atoms with Gasteiger partial charge in [-0.3, -0.25) is 0 Å². The highest BCUT2D eigenvalue weighted by Crippen LogP contribution is 2.35. The van der Waals surface area contributed by atoms with Gasteiger partial charge in [-0.05, 0) is 54.3 Å². The van der Waals surface area contributed by atoms with Crippen molar-refractivity contribution >= 4 is 23.1 Å². The zero-order valence-corrected chi connectivity index (χ0v) is 15.9. The molecule has 29 heavy (non-hydrogen) atoms. The normalized spacial score (nSPS) is 11.6. The molecular formula is C21H20F4N4. The first-order valence-corrected chi connectivity index (χ1v) is 9.03. The van der Waals surface area contributed by atoms with Gasteiger partial charge in [-0.25, -0.2) is 9.37 Å². The number of benzene rings is 2. The smallest absolute Gasteiger partial charge is 0.340 e. The Balaban J connectivity index is 1.85. The molecule has 0 spiro atoms. The summed E-state index contributed by atoms with van der Waals surface area (Å²) < 4.78 is 53.0. The van der Waals surface area contributed by atoms with Crippen molar-refractivity contribution in [2.24, 2.45) is 5.92 Å². The van der Waals surface area contributed by atoms with E-state index in [2.05, 4.69) is 34.4 Å². The maximum Gasteiger partial charge on any atom is 0.421 e. The first-order chi connectivity index (χ1) is 13.7. The molecule has 0 amide bonds. The van der Waals surface area contributed by atoms with Crippen molar-refractivity contribution in [2.45, 2.75) is 26.4 Å². The minimum absolute atomic E-state index is 0.0132. The molecule has 0 aliphatic heterocycles. The molecule has 1 aromatic heterocycles. The van der Waals surface area contributed by atoms with Crippen LogP contribution in [0, 0.1) is 11.7 Å². The lowest BCUT2D eigenvalue weighted by atomic mass is 10.0. The fourth-order valence-corrected chi connectivity index (χ4v) is 2.74. The molecule has 3 rings (SSSR count). The molecule has 0 radical (unpaired) electrons. The zero-order valence-electron chi connectivity index (χ0n) is 15.9. The molecule has 4 nitrogen and oxygen atoms in total. The SMILES string of the molecule is CC(C)Cc1ccc(Nc2ncc(C(F)(F)F)c(Nc3ccc(F)cc3)n2)cc1. The van der Waals surface area contributed by atoms with Crippen LogP contribution in [0.2, 0.25) is 0 Å². The number of halogens is 4. The van der Waals surface area contributed by atoms with Gasteiger partial charge in [0.1, 0.15) is 17.2 Å². The van der Waals surface area contributed by atoms with Gasteiger partial charge in [0.25, 0.3) is 0 Å². The average molecular weight is 404 g/mol. The molecule has 0 aliphatic rings. The summed E-state index contributed by atoms with van der Waals surface area (Å²) in [7, 11) is 0. The lowest BCUT2D eigenvalue weighted by molar-refractivity contribution is -0.137. The van der Waals surface area contributed by atoms with Crippen molar-refractivity contribution in [3.63, 3.8) is 0 Å². The van der Waals surface area contributed by atoms with E-state index in [0.29, 0.717) is 17.8 Å². The Morgan fingerprint density at radius 1 is 0.897 bits per heavy atom. The van der Waals surface area contributed by atoms with Crippen LogP contribution in [0.1, 0.15) is 25.0 Å². The topological polar surface area (TPSA) is 49.8 Å². The van der Waals surface area contributed by atoms with Gasteiger partial charge in [0.15, 0.2) is 0 Å². The second-order valence-corrected chi connectivity index (χ2v) is 7.01. The summed E-state index contributed by atoms with van der Waals surface area (Å²) in [4.78, 5) is 7.76. The van der Waals surface area contributed by atoms with E-state index >= 15 is 0 Å². The standard InChI is InChI=1S/C21H20F4N4/c1-13(2)11-14-3-7-17(8-4-14)28-20-26-12-18(21(23,24)25)19(29-20)27-16-9-5-15(22)6-10-16/h3-10,12-13H,11H2,1-2H3,(H2,26,27,28,29). The van der Waals surface area contributed by atoms with Crippen LogP contribution in [0.15, 0.2) is 54.7 Å². The van der Waals surface area contributed by atoms with Crippen LogP contribution in [-0.4, -0.2) is 9.97 Å². The molecule has 1 heterocycles. The van der Waals surface area contributed by atoms with Crippen molar-refractivity contribution in [1.29, 1.82) is 0 Å². The number of nitrogens with one attached hydrogen (secondary N) is 2. The zero-order chi connectivity index (χ0) is 21.0. The van der Waals surface area contributed by atoms with Gasteiger partial charge in [-0.2, -0.15) is 18.2 Å². The fraction of sp³-hybridized carbons (Fsp3) is 0.238. The van der Waals surface area contributed by atoms with Crippen molar-refractivity contribution in [3.05, 3.63) is 71.7 Å². The maximum absolute atomic E-state index is 13.3. The number of hydrogen-bond acceptors (Lipinski definition) is 4. The average Bonchev–Trinajstić information content (AvgIpc) is 2.64. The molecule has 0 saturated carbocycles. The number of nitrogens with zero attached hydrogens (tertiary/aromatic N) is 2. The molecule has 0 unspecified atom stereocenters. The van der Waals surface area contributed by atoms with Crippen molar-refractivity contribution in [2.75, 3.05) is 10.6 Å². The minimum atomic E-state index is -4.64. The van der Waals surface area contributed by atoms with E-state index in [1.54, 1.807) is 0 Å². The Kier molecular flexibility index (Phi) is 6.00. The van der Waals surface area contributed by atoms with E-state index in [4.69, 9.17) is 0 Å². The Hall–Kier alpha value is -3.16. The van der Waals surface area contributed by atoms with E-state index in [1.165, 1.54) is 12.1 Å². The van der Waals surface area contributed by atoms with E-state index in [9.17, 15) is 17.6 Å². The molecule has 0 aliphatic carbocycles. The third kappa shape index (κ3) is 5.66. The fourth-order valence-electron chi connectivity index (χ4n) is 2.74. The number of anilines is 4. The Bertz CT molecular complexity index is 952. The first-order valence-electron chi connectivity index (χ1n) is 9.03. The Morgan fingerprint density at radius 2 is 1.48 bits per heavy atom. The summed E-state index contributed by atoms with van der Waals surface area (Å²) in [6.07, 6.45) is -2.99. The van der Waals surface area contributed by atoms with Gasteiger partial charge >= 0.3 is 6.18 Å². The van der Waals surface area contributed by atoms with Crippen molar-refractivity contribution < 1.29 is 17.6 Å². The third-order valence-electron chi connectivity index (χ3n) is 4.06. The second-order valence-electron chi connectivity index (χ2n) is 7.01. The first kappa shape index (κ1) is 20.6. The number of aromatic nitrogens is 2. The van der Waals surface area contributed by atoms with Crippen LogP contribution in [0.4, 0.5) is 40.7 Å². The highest BCUT2D eigenvalue weighted by molar-refractivity contribution is 5.62. The van der Waals surface area contributed by atoms with Crippen LogP contribution < -0.4 is 10.6 Å². The molecule has 2 aromatic carbocycles. The van der Waals surface area contributed by atoms with Gasteiger partial charge in [-0.15, -0.1) is 0 Å². The lowest BCUT2D eigenvalue weighted by Gasteiger charge is -2.15. The molecular weight excluding hydrogens is 384 g/mol. The van der Waals surface area contributed by atoms with Gasteiger partial charge in [0.2, 0.25) is 5.95 Å². The number of alkyl halides is 3. The summed E-state index contributed by atoms with van der Waals surface area (Å²) in [5.74, 6) is -0.373. The van der Waals surface area contributed by atoms with Crippen LogP contribution in [0.5, 0.6) is 0 Å². The molecule has 0 atom stereocenters. The Morgan fingerprint density at radius 3 is 2.07 bits per heavy atom. The summed E-state index contributed by atoms with van der Waals surface area (Å²) in [6, 6.07) is 12.5. The second kappa shape index (κ2) is 8.46. The van der Waals surface area contributed by atoms with Gasteiger partial charge in [0.05, 0.1) is 0 Å². The van der Waals surface area contributed by atoms with Gasteiger partial charge in [-0.1, -0.05) is 26.0 Å². The maximum atomic E-state index is 13.3. The van der Waals surface area contributed by atoms with Crippen LogP contribution >= 0.6 is 0 Å². The highest BCUT2D eigenvalue weighted by atomic mass is 19.4. The van der Waals surface area contributed by atoms with E-state index < -0.39 is 23.4 Å². The quantitative estimate of drug-likeness (QED) is 0.472. The molecule has 152 valence electrons. The highest BCUT2D eigenvalue weighted by Gasteiger charge is 2.35. The molecule has 0 bridgehead atoms. The van der Waals surface area contributed by atoms with E-state index in [-0.39, 0.29) is 11.6 Å².